The number of nitrogens with zero attached hydrogens (tertiary/aromatic N) is 1. The highest BCUT2D eigenvalue weighted by atomic mass is 16.5. The molecule has 0 bridgehead atoms. The number of likely N-dealkylation sites (N-methyl/N-ethyl adjacent to an activating group) is 1. The number of esters is 1. The molecule has 0 aliphatic heterocycles. The van der Waals surface area contributed by atoms with Crippen molar-refractivity contribution in [3.63, 3.8) is 0 Å². The SMILES string of the molecule is C=C(C)C(=O)OCC[N+](C)(C)C.CN. The average molecular weight is 203 g/mol. The first-order chi connectivity index (χ1) is 6.33. The molecule has 0 fully saturated rings. The second-order valence-corrected chi connectivity index (χ2v) is 3.93. The van der Waals surface area contributed by atoms with Crippen molar-refractivity contribution in [2.24, 2.45) is 5.73 Å². The van der Waals surface area contributed by atoms with E-state index in [0.29, 0.717) is 12.2 Å². The van der Waals surface area contributed by atoms with Gasteiger partial charge in [-0.15, -0.1) is 0 Å². The smallest absolute Gasteiger partial charge is 0.333 e. The fourth-order valence-electron chi connectivity index (χ4n) is 0.535. The predicted molar refractivity (Wildman–Crippen MR) is 58.8 cm³/mol. The van der Waals surface area contributed by atoms with Crippen LogP contribution >= 0.6 is 0 Å². The van der Waals surface area contributed by atoms with Gasteiger partial charge in [-0.1, -0.05) is 6.58 Å². The van der Waals surface area contributed by atoms with E-state index in [0.717, 1.165) is 11.0 Å². The highest BCUT2D eigenvalue weighted by molar-refractivity contribution is 5.86. The van der Waals surface area contributed by atoms with Gasteiger partial charge in [0.25, 0.3) is 0 Å². The molecular formula is C10H23N2O2+. The van der Waals surface area contributed by atoms with Gasteiger partial charge in [-0.05, 0) is 14.0 Å². The second-order valence-electron chi connectivity index (χ2n) is 3.93. The maximum Gasteiger partial charge on any atom is 0.333 e. The van der Waals surface area contributed by atoms with Gasteiger partial charge in [-0.25, -0.2) is 4.79 Å². The Kier molecular flexibility index (Phi) is 8.38. The van der Waals surface area contributed by atoms with Crippen LogP contribution in [0.4, 0.5) is 0 Å². The molecular weight excluding hydrogens is 180 g/mol. The van der Waals surface area contributed by atoms with Gasteiger partial charge in [0.05, 0.1) is 21.1 Å². The van der Waals surface area contributed by atoms with Crippen molar-refractivity contribution in [3.05, 3.63) is 12.2 Å². The van der Waals surface area contributed by atoms with Crippen molar-refractivity contribution >= 4 is 5.97 Å². The Morgan fingerprint density at radius 1 is 1.36 bits per heavy atom. The highest BCUT2D eigenvalue weighted by Gasteiger charge is 2.09. The van der Waals surface area contributed by atoms with E-state index in [9.17, 15) is 4.79 Å². The molecule has 4 heteroatoms. The Hall–Kier alpha value is -0.870. The van der Waals surface area contributed by atoms with Crippen LogP contribution in [0.5, 0.6) is 0 Å². The number of carbonyl (C=O) groups is 1. The van der Waals surface area contributed by atoms with Gasteiger partial charge in [0.1, 0.15) is 13.2 Å². The summed E-state index contributed by atoms with van der Waals surface area (Å²) in [6, 6.07) is 0. The summed E-state index contributed by atoms with van der Waals surface area (Å²) in [6.45, 7) is 6.41. The molecule has 0 aliphatic rings. The maximum absolute atomic E-state index is 10.9. The van der Waals surface area contributed by atoms with Crippen molar-refractivity contribution in [3.8, 4) is 0 Å². The number of ether oxygens (including phenoxy) is 1. The van der Waals surface area contributed by atoms with Crippen LogP contribution in [0, 0.1) is 0 Å². The minimum atomic E-state index is -0.302. The summed E-state index contributed by atoms with van der Waals surface area (Å²) in [5.74, 6) is -0.302. The van der Waals surface area contributed by atoms with Gasteiger partial charge in [0.15, 0.2) is 0 Å². The van der Waals surface area contributed by atoms with E-state index in [1.54, 1.807) is 6.92 Å². The van der Waals surface area contributed by atoms with Gasteiger partial charge >= 0.3 is 5.97 Å². The van der Waals surface area contributed by atoms with E-state index in [1.165, 1.54) is 7.05 Å². The van der Waals surface area contributed by atoms with Crippen molar-refractivity contribution < 1.29 is 14.0 Å². The molecule has 4 nitrogen and oxygen atoms in total. The number of nitrogens with two attached hydrogens (primary N) is 1. The molecule has 0 amide bonds. The number of carbonyl (C=O) groups excluding carboxylic acids is 1. The molecule has 0 saturated heterocycles. The molecule has 0 aromatic carbocycles. The molecule has 0 rings (SSSR count). The Labute approximate surface area is 86.9 Å². The van der Waals surface area contributed by atoms with Crippen LogP contribution in [-0.2, 0) is 9.53 Å². The monoisotopic (exact) mass is 203 g/mol. The van der Waals surface area contributed by atoms with E-state index >= 15 is 0 Å². The van der Waals surface area contributed by atoms with E-state index < -0.39 is 0 Å². The highest BCUT2D eigenvalue weighted by Crippen LogP contribution is 1.94. The lowest BCUT2D eigenvalue weighted by Crippen LogP contribution is -2.38. The van der Waals surface area contributed by atoms with Gasteiger partial charge in [-0.2, -0.15) is 0 Å². The minimum absolute atomic E-state index is 0.302. The molecule has 0 saturated carbocycles. The predicted octanol–water partition coefficient (Wildman–Crippen LogP) is 0.387. The van der Waals surface area contributed by atoms with E-state index in [1.807, 2.05) is 0 Å². The number of quaternary nitrogens is 1. The van der Waals surface area contributed by atoms with E-state index in [4.69, 9.17) is 4.74 Å². The van der Waals surface area contributed by atoms with E-state index in [-0.39, 0.29) is 5.97 Å². The Balaban J connectivity index is 0. The molecule has 2 N–H and O–H groups in total. The van der Waals surface area contributed by atoms with Crippen LogP contribution in [0.3, 0.4) is 0 Å². The molecule has 0 heterocycles. The van der Waals surface area contributed by atoms with Crippen molar-refractivity contribution in [2.45, 2.75) is 6.92 Å². The molecule has 0 aromatic rings. The Bertz CT molecular complexity index is 183. The standard InChI is InChI=1S/C9H18NO2.CH5N/c1-8(2)9(11)12-7-6-10(3,4)5;1-2/h1,6-7H2,2-5H3;2H2,1H3/q+1;. The molecule has 0 spiro atoms. The zero-order valence-electron chi connectivity index (χ0n) is 9.96. The summed E-state index contributed by atoms with van der Waals surface area (Å²) < 4.78 is 5.72. The molecule has 0 atom stereocenters. The minimum Gasteiger partial charge on any atom is -0.456 e. The fourth-order valence-corrected chi connectivity index (χ4v) is 0.535. The Morgan fingerprint density at radius 2 is 1.79 bits per heavy atom. The number of hydrogen-bond acceptors (Lipinski definition) is 3. The average Bonchev–Trinajstić information content (AvgIpc) is 2.05. The quantitative estimate of drug-likeness (QED) is 0.408. The van der Waals surface area contributed by atoms with Gasteiger partial charge < -0.3 is 15.0 Å². The summed E-state index contributed by atoms with van der Waals surface area (Å²) in [5, 5.41) is 0. The van der Waals surface area contributed by atoms with Crippen LogP contribution in [0.1, 0.15) is 6.92 Å². The lowest BCUT2D eigenvalue weighted by Gasteiger charge is -2.23. The van der Waals surface area contributed by atoms with Crippen molar-refractivity contribution in [1.29, 1.82) is 0 Å². The number of hydrogen-bond donors (Lipinski definition) is 1. The third kappa shape index (κ3) is 11.1. The summed E-state index contributed by atoms with van der Waals surface area (Å²) in [6.07, 6.45) is 0. The van der Waals surface area contributed by atoms with Gasteiger partial charge in [-0.3, -0.25) is 0 Å². The number of rotatable bonds is 4. The first-order valence-electron chi connectivity index (χ1n) is 4.54. The van der Waals surface area contributed by atoms with Gasteiger partial charge in [0, 0.05) is 5.57 Å². The maximum atomic E-state index is 10.9. The molecule has 14 heavy (non-hydrogen) atoms. The first kappa shape index (κ1) is 15.6. The topological polar surface area (TPSA) is 52.3 Å². The third-order valence-corrected chi connectivity index (χ3v) is 1.34. The van der Waals surface area contributed by atoms with Crippen molar-refractivity contribution in [1.82, 2.24) is 0 Å². The van der Waals surface area contributed by atoms with E-state index in [2.05, 4.69) is 33.5 Å². The van der Waals surface area contributed by atoms with Crippen LogP contribution in [0.15, 0.2) is 12.2 Å². The van der Waals surface area contributed by atoms with Crippen LogP contribution < -0.4 is 5.73 Å². The molecule has 84 valence electrons. The van der Waals surface area contributed by atoms with Crippen LogP contribution in [0.2, 0.25) is 0 Å². The van der Waals surface area contributed by atoms with Gasteiger partial charge in [0.2, 0.25) is 0 Å². The zero-order valence-corrected chi connectivity index (χ0v) is 9.96. The summed E-state index contributed by atoms with van der Waals surface area (Å²) in [4.78, 5) is 10.9. The van der Waals surface area contributed by atoms with Crippen molar-refractivity contribution in [2.75, 3.05) is 41.3 Å². The molecule has 0 unspecified atom stereocenters. The summed E-state index contributed by atoms with van der Waals surface area (Å²) in [5.41, 5.74) is 4.96. The normalized spacial score (nSPS) is 9.86. The molecule has 0 aliphatic carbocycles. The molecule has 0 aromatic heterocycles. The molecule has 0 radical (unpaired) electrons. The lowest BCUT2D eigenvalue weighted by molar-refractivity contribution is -0.870. The first-order valence-corrected chi connectivity index (χ1v) is 4.54. The summed E-state index contributed by atoms with van der Waals surface area (Å²) in [7, 11) is 7.65. The lowest BCUT2D eigenvalue weighted by atomic mass is 10.4. The second kappa shape index (κ2) is 7.53. The Morgan fingerprint density at radius 3 is 2.07 bits per heavy atom. The van der Waals surface area contributed by atoms with Crippen LogP contribution in [-0.4, -0.2) is 51.8 Å². The third-order valence-electron chi connectivity index (χ3n) is 1.34. The summed E-state index contributed by atoms with van der Waals surface area (Å²) >= 11 is 0. The largest absolute Gasteiger partial charge is 0.456 e. The zero-order chi connectivity index (χ0) is 11.8. The fraction of sp³-hybridized carbons (Fsp3) is 0.700. The van der Waals surface area contributed by atoms with Crippen LogP contribution in [0.25, 0.3) is 0 Å².